The lowest BCUT2D eigenvalue weighted by atomic mass is 9.99. The Bertz CT molecular complexity index is 872. The van der Waals surface area contributed by atoms with Gasteiger partial charge in [0.25, 0.3) is 0 Å². The molecule has 0 bridgehead atoms. The summed E-state index contributed by atoms with van der Waals surface area (Å²) in [6.07, 6.45) is 3.69. The van der Waals surface area contributed by atoms with Gasteiger partial charge in [-0.25, -0.2) is 4.98 Å². The van der Waals surface area contributed by atoms with Crippen LogP contribution in [0.5, 0.6) is 0 Å². The number of rotatable bonds is 1. The topological polar surface area (TPSA) is 41.6 Å². The van der Waals surface area contributed by atoms with E-state index in [1.807, 2.05) is 6.20 Å². The van der Waals surface area contributed by atoms with Gasteiger partial charge in [-0.2, -0.15) is 5.10 Å². The molecular formula is C16H11N3. The van der Waals surface area contributed by atoms with E-state index in [-0.39, 0.29) is 0 Å². The third-order valence-electron chi connectivity index (χ3n) is 3.39. The molecule has 2 aromatic carbocycles. The third-order valence-corrected chi connectivity index (χ3v) is 3.39. The van der Waals surface area contributed by atoms with E-state index in [1.54, 1.807) is 6.20 Å². The van der Waals surface area contributed by atoms with Crippen molar-refractivity contribution in [2.24, 2.45) is 0 Å². The number of H-pyrrole nitrogens is 1. The van der Waals surface area contributed by atoms with Crippen LogP contribution in [0.3, 0.4) is 0 Å². The van der Waals surface area contributed by atoms with Gasteiger partial charge in [-0.05, 0) is 22.4 Å². The largest absolute Gasteiger partial charge is 0.261 e. The lowest BCUT2D eigenvalue weighted by molar-refractivity contribution is 1.10. The van der Waals surface area contributed by atoms with Crippen molar-refractivity contribution in [1.82, 2.24) is 15.2 Å². The molecule has 19 heavy (non-hydrogen) atoms. The highest BCUT2D eigenvalue weighted by Gasteiger charge is 2.05. The van der Waals surface area contributed by atoms with Crippen molar-refractivity contribution in [1.29, 1.82) is 0 Å². The van der Waals surface area contributed by atoms with Crippen LogP contribution in [0.15, 0.2) is 60.9 Å². The Morgan fingerprint density at radius 1 is 0.842 bits per heavy atom. The summed E-state index contributed by atoms with van der Waals surface area (Å²) in [5.41, 5.74) is 3.14. The summed E-state index contributed by atoms with van der Waals surface area (Å²) in [6.45, 7) is 0. The van der Waals surface area contributed by atoms with Gasteiger partial charge in [0.15, 0.2) is 5.65 Å². The molecule has 0 amide bonds. The molecular weight excluding hydrogens is 234 g/mol. The summed E-state index contributed by atoms with van der Waals surface area (Å²) in [6, 6.07) is 16.9. The quantitative estimate of drug-likeness (QED) is 0.554. The van der Waals surface area contributed by atoms with Crippen molar-refractivity contribution in [3.05, 3.63) is 60.9 Å². The molecule has 0 saturated heterocycles. The predicted octanol–water partition coefficient (Wildman–Crippen LogP) is 3.78. The molecule has 2 heterocycles. The molecule has 0 atom stereocenters. The van der Waals surface area contributed by atoms with Gasteiger partial charge in [0.1, 0.15) is 0 Å². The number of nitrogens with one attached hydrogen (secondary N) is 1. The fraction of sp³-hybridized carbons (Fsp3) is 0. The van der Waals surface area contributed by atoms with Crippen LogP contribution in [0.1, 0.15) is 0 Å². The van der Waals surface area contributed by atoms with Gasteiger partial charge in [-0.15, -0.1) is 0 Å². The minimum Gasteiger partial charge on any atom is -0.261 e. The van der Waals surface area contributed by atoms with Crippen LogP contribution in [0, 0.1) is 0 Å². The Hall–Kier alpha value is -2.68. The van der Waals surface area contributed by atoms with Crippen LogP contribution in [-0.2, 0) is 0 Å². The number of pyridine rings is 1. The second-order valence-corrected chi connectivity index (χ2v) is 4.56. The maximum Gasteiger partial charge on any atom is 0.155 e. The zero-order valence-electron chi connectivity index (χ0n) is 10.2. The Kier molecular flexibility index (Phi) is 2.12. The first-order valence-electron chi connectivity index (χ1n) is 6.19. The Labute approximate surface area is 109 Å². The highest BCUT2D eigenvalue weighted by Crippen LogP contribution is 2.29. The average Bonchev–Trinajstić information content (AvgIpc) is 2.94. The number of nitrogens with zero attached hydrogens (tertiary/aromatic N) is 2. The molecule has 0 unspecified atom stereocenters. The first kappa shape index (κ1) is 10.3. The first-order valence-corrected chi connectivity index (χ1v) is 6.19. The van der Waals surface area contributed by atoms with Crippen LogP contribution < -0.4 is 0 Å². The SMILES string of the molecule is c1ccc2c(-c3cnc4[nH]ncc4c3)cccc2c1. The summed E-state index contributed by atoms with van der Waals surface area (Å²) in [4.78, 5) is 4.41. The molecule has 0 saturated carbocycles. The Morgan fingerprint density at radius 2 is 1.74 bits per heavy atom. The zero-order valence-corrected chi connectivity index (χ0v) is 10.2. The molecule has 0 aliphatic carbocycles. The second kappa shape index (κ2) is 3.92. The van der Waals surface area contributed by atoms with Gasteiger partial charge in [0.05, 0.1) is 6.20 Å². The number of aromatic nitrogens is 3. The van der Waals surface area contributed by atoms with Gasteiger partial charge in [0, 0.05) is 17.1 Å². The minimum absolute atomic E-state index is 0.823. The zero-order chi connectivity index (χ0) is 12.7. The molecule has 0 aliphatic heterocycles. The summed E-state index contributed by atoms with van der Waals surface area (Å²) in [5, 5.41) is 10.4. The van der Waals surface area contributed by atoms with Crippen LogP contribution in [0.25, 0.3) is 32.9 Å². The molecule has 0 aliphatic rings. The van der Waals surface area contributed by atoms with E-state index in [0.29, 0.717) is 0 Å². The Morgan fingerprint density at radius 3 is 2.74 bits per heavy atom. The summed E-state index contributed by atoms with van der Waals surface area (Å²) < 4.78 is 0. The minimum atomic E-state index is 0.823. The van der Waals surface area contributed by atoms with Crippen LogP contribution >= 0.6 is 0 Å². The molecule has 3 heteroatoms. The molecule has 0 fully saturated rings. The number of hydrogen-bond donors (Lipinski definition) is 1. The third kappa shape index (κ3) is 1.59. The van der Waals surface area contributed by atoms with E-state index in [1.165, 1.54) is 16.3 Å². The smallest absolute Gasteiger partial charge is 0.155 e. The van der Waals surface area contributed by atoms with Crippen molar-refractivity contribution in [3.8, 4) is 11.1 Å². The number of fused-ring (bicyclic) bond motifs is 2. The van der Waals surface area contributed by atoms with Crippen molar-refractivity contribution < 1.29 is 0 Å². The van der Waals surface area contributed by atoms with Crippen molar-refractivity contribution in [2.75, 3.05) is 0 Å². The lowest BCUT2D eigenvalue weighted by Crippen LogP contribution is -1.83. The molecule has 0 radical (unpaired) electrons. The standard InChI is InChI=1S/C16H11N3/c1-2-6-14-11(4-1)5-3-7-15(14)12-8-13-10-18-19-16(13)17-9-12/h1-10H,(H,17,18,19). The van der Waals surface area contributed by atoms with E-state index in [0.717, 1.165) is 16.6 Å². The highest BCUT2D eigenvalue weighted by molar-refractivity contribution is 5.97. The highest BCUT2D eigenvalue weighted by atomic mass is 15.1. The maximum absolute atomic E-state index is 4.41. The van der Waals surface area contributed by atoms with Crippen LogP contribution in [0.2, 0.25) is 0 Å². The summed E-state index contributed by atoms with van der Waals surface area (Å²) in [5.74, 6) is 0. The molecule has 1 N–H and O–H groups in total. The predicted molar refractivity (Wildman–Crippen MR) is 76.8 cm³/mol. The van der Waals surface area contributed by atoms with Crippen molar-refractivity contribution in [3.63, 3.8) is 0 Å². The van der Waals surface area contributed by atoms with E-state index in [9.17, 15) is 0 Å². The van der Waals surface area contributed by atoms with E-state index in [4.69, 9.17) is 0 Å². The van der Waals surface area contributed by atoms with Crippen molar-refractivity contribution in [2.45, 2.75) is 0 Å². The van der Waals surface area contributed by atoms with Gasteiger partial charge in [0.2, 0.25) is 0 Å². The summed E-state index contributed by atoms with van der Waals surface area (Å²) in [7, 11) is 0. The van der Waals surface area contributed by atoms with Gasteiger partial charge >= 0.3 is 0 Å². The van der Waals surface area contributed by atoms with Gasteiger partial charge in [-0.1, -0.05) is 42.5 Å². The fourth-order valence-electron chi connectivity index (χ4n) is 2.46. The maximum atomic E-state index is 4.41. The molecule has 3 nitrogen and oxygen atoms in total. The van der Waals surface area contributed by atoms with E-state index < -0.39 is 0 Å². The van der Waals surface area contributed by atoms with Crippen LogP contribution in [-0.4, -0.2) is 15.2 Å². The van der Waals surface area contributed by atoms with Gasteiger partial charge < -0.3 is 0 Å². The van der Waals surface area contributed by atoms with Gasteiger partial charge in [-0.3, -0.25) is 5.10 Å². The molecule has 4 aromatic rings. The number of hydrogen-bond acceptors (Lipinski definition) is 2. The Balaban J connectivity index is 2.03. The first-order chi connectivity index (χ1) is 9.42. The molecule has 4 rings (SSSR count). The molecule has 0 spiro atoms. The van der Waals surface area contributed by atoms with Crippen molar-refractivity contribution >= 4 is 21.8 Å². The average molecular weight is 245 g/mol. The number of aromatic amines is 1. The van der Waals surface area contributed by atoms with E-state index >= 15 is 0 Å². The molecule has 90 valence electrons. The van der Waals surface area contributed by atoms with E-state index in [2.05, 4.69) is 63.7 Å². The number of benzene rings is 2. The summed E-state index contributed by atoms with van der Waals surface area (Å²) >= 11 is 0. The van der Waals surface area contributed by atoms with Crippen LogP contribution in [0.4, 0.5) is 0 Å². The lowest BCUT2D eigenvalue weighted by Gasteiger charge is -2.06. The second-order valence-electron chi connectivity index (χ2n) is 4.56. The fourth-order valence-corrected chi connectivity index (χ4v) is 2.46. The normalized spacial score (nSPS) is 11.2. The molecule has 2 aromatic heterocycles. The monoisotopic (exact) mass is 245 g/mol.